The second kappa shape index (κ2) is 7.29. The van der Waals surface area contributed by atoms with Gasteiger partial charge in [0.05, 0.1) is 5.69 Å². The number of aromatic nitrogens is 2. The van der Waals surface area contributed by atoms with E-state index in [0.29, 0.717) is 11.7 Å². The fraction of sp³-hybridized carbons (Fsp3) is 0.667. The van der Waals surface area contributed by atoms with Gasteiger partial charge in [-0.05, 0) is 26.9 Å². The van der Waals surface area contributed by atoms with Crippen LogP contribution in [0.3, 0.4) is 0 Å². The average molecular weight is 312 g/mol. The van der Waals surface area contributed by atoms with Crippen LogP contribution in [0, 0.1) is 6.92 Å². The Labute approximate surface area is 132 Å². The SMILES string of the molecule is C=C(N1CCN(C)CC1)n1c(C)nc(CNCCC)c1Cl. The van der Waals surface area contributed by atoms with Crippen LogP contribution in [-0.2, 0) is 6.54 Å². The van der Waals surface area contributed by atoms with Crippen molar-refractivity contribution < 1.29 is 0 Å². The molecule has 0 bridgehead atoms. The second-order valence-corrected chi connectivity index (χ2v) is 5.97. The molecule has 1 aliphatic heterocycles. The Bertz CT molecular complexity index is 488. The number of likely N-dealkylation sites (N-methyl/N-ethyl adjacent to an activating group) is 1. The van der Waals surface area contributed by atoms with E-state index in [0.717, 1.165) is 56.5 Å². The van der Waals surface area contributed by atoms with Crippen molar-refractivity contribution in [1.82, 2.24) is 24.7 Å². The summed E-state index contributed by atoms with van der Waals surface area (Å²) >= 11 is 6.51. The Morgan fingerprint density at radius 3 is 2.62 bits per heavy atom. The molecule has 1 aromatic rings. The van der Waals surface area contributed by atoms with Crippen molar-refractivity contribution in [3.63, 3.8) is 0 Å². The van der Waals surface area contributed by atoms with Crippen LogP contribution in [0.5, 0.6) is 0 Å². The van der Waals surface area contributed by atoms with Gasteiger partial charge in [-0.25, -0.2) is 4.98 Å². The molecule has 21 heavy (non-hydrogen) atoms. The zero-order chi connectivity index (χ0) is 15.4. The quantitative estimate of drug-likeness (QED) is 0.816. The molecule has 0 radical (unpaired) electrons. The van der Waals surface area contributed by atoms with Crippen LogP contribution in [0.15, 0.2) is 6.58 Å². The van der Waals surface area contributed by atoms with E-state index in [2.05, 4.69) is 40.7 Å². The van der Waals surface area contributed by atoms with Gasteiger partial charge in [-0.2, -0.15) is 0 Å². The van der Waals surface area contributed by atoms with E-state index in [-0.39, 0.29) is 0 Å². The second-order valence-electron chi connectivity index (χ2n) is 5.62. The third-order valence-corrected chi connectivity index (χ3v) is 4.29. The summed E-state index contributed by atoms with van der Waals surface area (Å²) in [5.41, 5.74) is 0.901. The lowest BCUT2D eigenvalue weighted by atomic mass is 10.3. The number of hydrogen-bond donors (Lipinski definition) is 1. The summed E-state index contributed by atoms with van der Waals surface area (Å²) in [5, 5.41) is 4.03. The summed E-state index contributed by atoms with van der Waals surface area (Å²) in [6.45, 7) is 14.1. The molecule has 0 saturated carbocycles. The molecule has 2 rings (SSSR count). The third kappa shape index (κ3) is 3.78. The molecule has 1 saturated heterocycles. The van der Waals surface area contributed by atoms with E-state index in [1.165, 1.54) is 0 Å². The van der Waals surface area contributed by atoms with Crippen LogP contribution in [0.2, 0.25) is 5.15 Å². The number of aryl methyl sites for hydroxylation is 1. The molecule has 1 aromatic heterocycles. The molecule has 1 fully saturated rings. The van der Waals surface area contributed by atoms with Crippen molar-refractivity contribution in [3.8, 4) is 0 Å². The van der Waals surface area contributed by atoms with Crippen LogP contribution in [0.1, 0.15) is 24.9 Å². The molecule has 0 unspecified atom stereocenters. The number of nitrogens with zero attached hydrogens (tertiary/aromatic N) is 4. The van der Waals surface area contributed by atoms with E-state index >= 15 is 0 Å². The monoisotopic (exact) mass is 311 g/mol. The van der Waals surface area contributed by atoms with Crippen molar-refractivity contribution in [2.45, 2.75) is 26.8 Å². The highest BCUT2D eigenvalue weighted by Crippen LogP contribution is 2.24. The van der Waals surface area contributed by atoms with Gasteiger partial charge in [0.15, 0.2) is 0 Å². The van der Waals surface area contributed by atoms with Gasteiger partial charge in [0.2, 0.25) is 0 Å². The van der Waals surface area contributed by atoms with E-state index in [4.69, 9.17) is 11.6 Å². The number of halogens is 1. The molecule has 0 aliphatic carbocycles. The molecular weight excluding hydrogens is 286 g/mol. The number of hydrogen-bond acceptors (Lipinski definition) is 4. The van der Waals surface area contributed by atoms with Crippen LogP contribution >= 0.6 is 11.6 Å². The molecule has 1 aliphatic rings. The van der Waals surface area contributed by atoms with Gasteiger partial charge >= 0.3 is 0 Å². The molecule has 0 atom stereocenters. The van der Waals surface area contributed by atoms with E-state index < -0.39 is 0 Å². The Balaban J connectivity index is 2.10. The Morgan fingerprint density at radius 1 is 1.33 bits per heavy atom. The molecule has 0 amide bonds. The maximum absolute atomic E-state index is 6.51. The number of rotatable bonds is 6. The summed E-state index contributed by atoms with van der Waals surface area (Å²) in [4.78, 5) is 9.19. The summed E-state index contributed by atoms with van der Waals surface area (Å²) in [5.74, 6) is 1.83. The molecular formula is C15H26ClN5. The van der Waals surface area contributed by atoms with Crippen molar-refractivity contribution in [3.05, 3.63) is 23.3 Å². The largest absolute Gasteiger partial charge is 0.356 e. The summed E-state index contributed by atoms with van der Waals surface area (Å²) in [7, 11) is 2.15. The van der Waals surface area contributed by atoms with Gasteiger partial charge in [0, 0.05) is 32.7 Å². The zero-order valence-electron chi connectivity index (χ0n) is 13.3. The molecule has 1 N–H and O–H groups in total. The highest BCUT2D eigenvalue weighted by atomic mass is 35.5. The van der Waals surface area contributed by atoms with Gasteiger partial charge in [0.1, 0.15) is 16.8 Å². The fourth-order valence-electron chi connectivity index (χ4n) is 2.56. The first kappa shape index (κ1) is 16.3. The minimum absolute atomic E-state index is 0.681. The smallest absolute Gasteiger partial charge is 0.139 e. The highest BCUT2D eigenvalue weighted by Gasteiger charge is 2.21. The number of nitrogens with one attached hydrogen (secondary N) is 1. The van der Waals surface area contributed by atoms with E-state index in [1.54, 1.807) is 0 Å². The van der Waals surface area contributed by atoms with Gasteiger partial charge in [-0.15, -0.1) is 0 Å². The topological polar surface area (TPSA) is 36.3 Å². The van der Waals surface area contributed by atoms with Gasteiger partial charge < -0.3 is 15.1 Å². The standard InChI is InChI=1S/C15H26ClN5/c1-5-6-17-11-14-15(16)21(12(2)18-14)13(3)20-9-7-19(4)8-10-20/h17H,3,5-11H2,1-2,4H3. The first-order valence-electron chi connectivity index (χ1n) is 7.61. The van der Waals surface area contributed by atoms with Crippen molar-refractivity contribution in [2.24, 2.45) is 0 Å². The van der Waals surface area contributed by atoms with Gasteiger partial charge in [0.25, 0.3) is 0 Å². The lowest BCUT2D eigenvalue weighted by Crippen LogP contribution is -2.44. The zero-order valence-corrected chi connectivity index (χ0v) is 14.1. The Morgan fingerprint density at radius 2 is 2.00 bits per heavy atom. The molecule has 6 heteroatoms. The Kier molecular flexibility index (Phi) is 5.67. The van der Waals surface area contributed by atoms with Crippen molar-refractivity contribution in [2.75, 3.05) is 39.8 Å². The third-order valence-electron chi connectivity index (χ3n) is 3.90. The molecule has 2 heterocycles. The maximum atomic E-state index is 6.51. The van der Waals surface area contributed by atoms with Crippen LogP contribution in [0.25, 0.3) is 5.82 Å². The minimum Gasteiger partial charge on any atom is -0.356 e. The molecule has 0 spiro atoms. The van der Waals surface area contributed by atoms with Crippen molar-refractivity contribution in [1.29, 1.82) is 0 Å². The lowest BCUT2D eigenvalue weighted by Gasteiger charge is -2.35. The molecule has 118 valence electrons. The predicted molar refractivity (Wildman–Crippen MR) is 88.4 cm³/mol. The van der Waals surface area contributed by atoms with Gasteiger partial charge in [-0.3, -0.25) is 4.57 Å². The van der Waals surface area contributed by atoms with Crippen molar-refractivity contribution >= 4 is 17.4 Å². The number of piperazine rings is 1. The Hall–Kier alpha value is -1.04. The maximum Gasteiger partial charge on any atom is 0.139 e. The summed E-state index contributed by atoms with van der Waals surface area (Å²) in [6.07, 6.45) is 1.10. The fourth-order valence-corrected chi connectivity index (χ4v) is 2.89. The average Bonchev–Trinajstić information content (AvgIpc) is 2.74. The van der Waals surface area contributed by atoms with Gasteiger partial charge in [-0.1, -0.05) is 25.1 Å². The van der Waals surface area contributed by atoms with Crippen LogP contribution in [-0.4, -0.2) is 59.1 Å². The number of imidazole rings is 1. The molecule has 5 nitrogen and oxygen atoms in total. The first-order chi connectivity index (χ1) is 10.0. The normalized spacial score (nSPS) is 16.5. The predicted octanol–water partition coefficient (Wildman–Crippen LogP) is 2.02. The first-order valence-corrected chi connectivity index (χ1v) is 7.99. The summed E-state index contributed by atoms with van der Waals surface area (Å²) < 4.78 is 1.97. The summed E-state index contributed by atoms with van der Waals surface area (Å²) in [6, 6.07) is 0. The van der Waals surface area contributed by atoms with E-state index in [1.807, 2.05) is 11.5 Å². The van der Waals surface area contributed by atoms with E-state index in [9.17, 15) is 0 Å². The van der Waals surface area contributed by atoms with Crippen LogP contribution < -0.4 is 5.32 Å². The molecule has 0 aromatic carbocycles. The minimum atomic E-state index is 0.681. The van der Waals surface area contributed by atoms with Crippen LogP contribution in [0.4, 0.5) is 0 Å². The lowest BCUT2D eigenvalue weighted by molar-refractivity contribution is 0.202. The highest BCUT2D eigenvalue weighted by molar-refractivity contribution is 6.30.